The van der Waals surface area contributed by atoms with Crippen molar-refractivity contribution in [3.05, 3.63) is 0 Å². The summed E-state index contributed by atoms with van der Waals surface area (Å²) in [6.45, 7) is 2.61. The molecule has 8 nitrogen and oxygen atoms in total. The Balaban J connectivity index is 4.14. The minimum absolute atomic E-state index is 0.0617. The molecular weight excluding hydrogens is 240 g/mol. The van der Waals surface area contributed by atoms with Gasteiger partial charge >= 0.3 is 0 Å². The lowest BCUT2D eigenvalue weighted by Gasteiger charge is -2.17. The van der Waals surface area contributed by atoms with Crippen LogP contribution in [-0.2, 0) is 14.3 Å². The molecule has 0 aromatic carbocycles. The molecule has 1 unspecified atom stereocenters. The fraction of sp³-hybridized carbons (Fsp3) is 0.800. The summed E-state index contributed by atoms with van der Waals surface area (Å²) in [5.41, 5.74) is 3.71. The van der Waals surface area contributed by atoms with Gasteiger partial charge in [0.15, 0.2) is 0 Å². The molecule has 0 saturated carbocycles. The third-order valence-corrected chi connectivity index (χ3v) is 2.38. The Kier molecular flexibility index (Phi) is 9.11. The number of hydrogen-bond donors (Lipinski definition) is 5. The molecule has 0 fully saturated rings. The highest BCUT2D eigenvalue weighted by molar-refractivity contribution is 5.99. The third kappa shape index (κ3) is 6.50. The van der Waals surface area contributed by atoms with E-state index in [1.165, 1.54) is 0 Å². The fourth-order valence-electron chi connectivity index (χ4n) is 1.34. The number of carbonyl (C=O) groups excluding carboxylic acids is 2. The monoisotopic (exact) mass is 262 g/mol. The van der Waals surface area contributed by atoms with Crippen LogP contribution in [0.3, 0.4) is 0 Å². The number of unbranched alkanes of at least 4 members (excludes halogenated alkanes) is 1. The van der Waals surface area contributed by atoms with E-state index in [-0.39, 0.29) is 13.0 Å². The van der Waals surface area contributed by atoms with Gasteiger partial charge in [0.1, 0.15) is 5.92 Å². The minimum atomic E-state index is -1.13. The van der Waals surface area contributed by atoms with Gasteiger partial charge in [-0.1, -0.05) is 13.3 Å². The predicted molar refractivity (Wildman–Crippen MR) is 64.5 cm³/mol. The number of aliphatic hydroxyl groups is 1. The Hall–Kier alpha value is -1.22. The summed E-state index contributed by atoms with van der Waals surface area (Å²) in [5, 5.41) is 9.64. The highest BCUT2D eigenvalue weighted by Crippen LogP contribution is 2.08. The van der Waals surface area contributed by atoms with Gasteiger partial charge in [0, 0.05) is 6.61 Å². The number of amides is 2. The molecule has 0 aliphatic rings. The van der Waals surface area contributed by atoms with Gasteiger partial charge in [0.05, 0.1) is 12.7 Å². The van der Waals surface area contributed by atoms with Crippen LogP contribution in [-0.4, -0.2) is 36.2 Å². The number of nitrogens with one attached hydrogen (secondary N) is 2. The second-order valence-corrected chi connectivity index (χ2v) is 3.89. The van der Waals surface area contributed by atoms with Crippen LogP contribution < -0.4 is 22.5 Å². The van der Waals surface area contributed by atoms with E-state index in [2.05, 4.69) is 0 Å². The molecule has 0 bridgehead atoms. The molecule has 0 aromatic rings. The second kappa shape index (κ2) is 9.77. The summed E-state index contributed by atoms with van der Waals surface area (Å²) in [6, 6.07) is 0. The van der Waals surface area contributed by atoms with Crippen LogP contribution in [0.1, 0.15) is 26.2 Å². The Morgan fingerprint density at radius 3 is 2.28 bits per heavy atom. The van der Waals surface area contributed by atoms with Crippen molar-refractivity contribution in [1.29, 1.82) is 0 Å². The molecule has 0 aromatic heterocycles. The molecule has 0 saturated heterocycles. The number of ether oxygens (including phenoxy) is 1. The lowest BCUT2D eigenvalue weighted by atomic mass is 10.0. The highest BCUT2D eigenvalue weighted by atomic mass is 16.5. The topological polar surface area (TPSA) is 140 Å². The molecule has 0 aliphatic heterocycles. The first kappa shape index (κ1) is 16.8. The molecule has 8 heteroatoms. The zero-order valence-electron chi connectivity index (χ0n) is 10.5. The molecule has 18 heavy (non-hydrogen) atoms. The van der Waals surface area contributed by atoms with Crippen molar-refractivity contribution in [1.82, 2.24) is 10.9 Å². The molecule has 0 rings (SSSR count). The van der Waals surface area contributed by atoms with E-state index < -0.39 is 23.8 Å². The van der Waals surface area contributed by atoms with Gasteiger partial charge < -0.3 is 9.84 Å². The Morgan fingerprint density at radius 1 is 1.28 bits per heavy atom. The van der Waals surface area contributed by atoms with Crippen LogP contribution in [0.15, 0.2) is 0 Å². The van der Waals surface area contributed by atoms with Gasteiger partial charge in [-0.2, -0.15) is 0 Å². The number of nitrogens with two attached hydrogens (primary N) is 2. The first-order chi connectivity index (χ1) is 8.56. The molecule has 2 amide bonds. The van der Waals surface area contributed by atoms with Crippen LogP contribution in [0.4, 0.5) is 0 Å². The van der Waals surface area contributed by atoms with E-state index >= 15 is 0 Å². The molecule has 0 spiro atoms. The summed E-state index contributed by atoms with van der Waals surface area (Å²) >= 11 is 0. The first-order valence-electron chi connectivity index (χ1n) is 5.83. The van der Waals surface area contributed by atoms with Crippen LogP contribution >= 0.6 is 0 Å². The lowest BCUT2D eigenvalue weighted by molar-refractivity contribution is -0.137. The van der Waals surface area contributed by atoms with Crippen molar-refractivity contribution in [3.8, 4) is 0 Å². The van der Waals surface area contributed by atoms with E-state index in [0.717, 1.165) is 12.8 Å². The summed E-state index contributed by atoms with van der Waals surface area (Å²) in [7, 11) is 0. The van der Waals surface area contributed by atoms with Crippen LogP contribution in [0, 0.1) is 5.92 Å². The Bertz CT molecular complexity index is 246. The number of aliphatic hydroxyl groups excluding tert-OH is 1. The van der Waals surface area contributed by atoms with E-state index in [1.807, 2.05) is 17.8 Å². The Labute approximate surface area is 106 Å². The Morgan fingerprint density at radius 2 is 1.83 bits per heavy atom. The van der Waals surface area contributed by atoms with Gasteiger partial charge in [0.25, 0.3) is 0 Å². The number of hydrogen-bond acceptors (Lipinski definition) is 6. The molecular formula is C10H22N4O4. The average Bonchev–Trinajstić information content (AvgIpc) is 2.39. The number of carbonyl (C=O) groups is 2. The van der Waals surface area contributed by atoms with Crippen molar-refractivity contribution in [2.24, 2.45) is 17.6 Å². The summed E-state index contributed by atoms with van der Waals surface area (Å²) in [4.78, 5) is 22.6. The fourth-order valence-corrected chi connectivity index (χ4v) is 1.34. The van der Waals surface area contributed by atoms with Crippen molar-refractivity contribution in [2.75, 3.05) is 13.2 Å². The molecule has 0 heterocycles. The van der Waals surface area contributed by atoms with Crippen LogP contribution in [0.5, 0.6) is 0 Å². The molecule has 0 radical (unpaired) electrons. The number of hydrazine groups is 2. The maximum Gasteiger partial charge on any atom is 0.246 e. The van der Waals surface area contributed by atoms with E-state index in [4.69, 9.17) is 16.4 Å². The van der Waals surface area contributed by atoms with Crippen LogP contribution in [0.2, 0.25) is 0 Å². The van der Waals surface area contributed by atoms with Gasteiger partial charge in [-0.3, -0.25) is 20.4 Å². The van der Waals surface area contributed by atoms with Crippen LogP contribution in [0.25, 0.3) is 0 Å². The van der Waals surface area contributed by atoms with E-state index in [0.29, 0.717) is 6.61 Å². The summed E-state index contributed by atoms with van der Waals surface area (Å²) < 4.78 is 5.19. The zero-order valence-corrected chi connectivity index (χ0v) is 10.5. The van der Waals surface area contributed by atoms with Gasteiger partial charge in [-0.05, 0) is 12.8 Å². The predicted octanol–water partition coefficient (Wildman–Crippen LogP) is -1.85. The maximum atomic E-state index is 11.3. The minimum Gasteiger partial charge on any atom is -0.391 e. The maximum absolute atomic E-state index is 11.3. The van der Waals surface area contributed by atoms with Crippen molar-refractivity contribution in [3.63, 3.8) is 0 Å². The van der Waals surface area contributed by atoms with Gasteiger partial charge in [-0.25, -0.2) is 11.7 Å². The van der Waals surface area contributed by atoms with Gasteiger partial charge in [-0.15, -0.1) is 0 Å². The molecule has 7 N–H and O–H groups in total. The van der Waals surface area contributed by atoms with Crippen molar-refractivity contribution in [2.45, 2.75) is 32.3 Å². The van der Waals surface area contributed by atoms with E-state index in [1.54, 1.807) is 0 Å². The third-order valence-electron chi connectivity index (χ3n) is 2.38. The summed E-state index contributed by atoms with van der Waals surface area (Å²) in [6.07, 6.45) is 0.853. The first-order valence-corrected chi connectivity index (χ1v) is 5.83. The average molecular weight is 262 g/mol. The van der Waals surface area contributed by atoms with E-state index in [9.17, 15) is 14.7 Å². The molecule has 0 aliphatic carbocycles. The largest absolute Gasteiger partial charge is 0.391 e. The molecule has 106 valence electrons. The standard InChI is InChI=1S/C10H22N4O4/c1-2-3-4-18-6-7(15)5-8(9(16)13-11)10(17)14-12/h7-8,15H,2-6,11-12H2,1H3,(H,13,16)(H,14,17). The molecule has 1 atom stereocenters. The lowest BCUT2D eigenvalue weighted by Crippen LogP contribution is -2.47. The second-order valence-electron chi connectivity index (χ2n) is 3.89. The summed E-state index contributed by atoms with van der Waals surface area (Å²) in [5.74, 6) is 7.35. The highest BCUT2D eigenvalue weighted by Gasteiger charge is 2.28. The number of rotatable bonds is 9. The van der Waals surface area contributed by atoms with Crippen molar-refractivity contribution >= 4 is 11.8 Å². The van der Waals surface area contributed by atoms with Crippen molar-refractivity contribution < 1.29 is 19.4 Å². The quantitative estimate of drug-likeness (QED) is 0.109. The smallest absolute Gasteiger partial charge is 0.246 e. The van der Waals surface area contributed by atoms with Gasteiger partial charge in [0.2, 0.25) is 11.8 Å². The normalized spacial score (nSPS) is 12.3. The zero-order chi connectivity index (χ0) is 14.0. The SMILES string of the molecule is CCCCOCC(O)CC(C(=O)NN)C(=O)NN.